The molecule has 0 saturated carbocycles. The average molecular weight is 199 g/mol. The van der Waals surface area contributed by atoms with Crippen LogP contribution in [0.2, 0.25) is 0 Å². The Bertz CT molecular complexity index is 194. The molecule has 4 rings (SSSR count). The molecule has 4 aliphatic rings. The van der Waals surface area contributed by atoms with Gasteiger partial charge in [-0.05, 0) is 0 Å². The fourth-order valence-corrected chi connectivity index (χ4v) is 1.11. The first-order chi connectivity index (χ1) is 6.83. The third kappa shape index (κ3) is 1.59. The summed E-state index contributed by atoms with van der Waals surface area (Å²) >= 11 is 0. The predicted molar refractivity (Wildman–Crippen MR) is 41.4 cm³/mol. The minimum Gasteiger partial charge on any atom is -0.401 e. The quantitative estimate of drug-likeness (QED) is 0.450. The van der Waals surface area contributed by atoms with Crippen LogP contribution in [0.3, 0.4) is 0 Å². The molecule has 0 N–H and O–H groups in total. The molecule has 4 fully saturated rings. The van der Waals surface area contributed by atoms with Crippen molar-refractivity contribution in [2.24, 2.45) is 0 Å². The Labute approximate surface area is 80.7 Å². The molecule has 0 amide bonds. The first-order valence-corrected chi connectivity index (χ1v) is 3.94. The summed E-state index contributed by atoms with van der Waals surface area (Å²) in [4.78, 5) is 0. The van der Waals surface area contributed by atoms with Crippen LogP contribution in [0.1, 0.15) is 0 Å². The van der Waals surface area contributed by atoms with E-state index in [9.17, 15) is 0 Å². The number of hydrogen-bond donors (Lipinski definition) is 0. The Morgan fingerprint density at radius 3 is 2.29 bits per heavy atom. The lowest BCUT2D eigenvalue weighted by Crippen LogP contribution is -2.63. The molecule has 0 aromatic rings. The zero-order chi connectivity index (χ0) is 9.54. The molecule has 0 spiro atoms. The van der Waals surface area contributed by atoms with Gasteiger partial charge in [0.2, 0.25) is 6.48 Å². The highest BCUT2D eigenvalue weighted by Gasteiger charge is 2.56. The maximum Gasteiger partial charge on any atom is 0.634 e. The van der Waals surface area contributed by atoms with Crippen LogP contribution in [0.25, 0.3) is 0 Å². The molecule has 0 unspecified atom stereocenters. The van der Waals surface area contributed by atoms with E-state index in [1.807, 2.05) is 0 Å². The molecule has 0 aromatic carbocycles. The van der Waals surface area contributed by atoms with Gasteiger partial charge >= 0.3 is 29.3 Å². The first kappa shape index (κ1) is 9.19. The molecule has 14 heavy (non-hydrogen) atoms. The summed E-state index contributed by atoms with van der Waals surface area (Å²) in [7, 11) is -2.29. The van der Waals surface area contributed by atoms with Crippen LogP contribution < -0.4 is 0 Å². The van der Waals surface area contributed by atoms with Gasteiger partial charge in [0, 0.05) is 7.11 Å². The van der Waals surface area contributed by atoms with Crippen molar-refractivity contribution in [3.8, 4) is 0 Å². The highest BCUT2D eigenvalue weighted by Crippen LogP contribution is 2.24. The standard InChI is InChI=1S/C2H4B4O8/c1-7-3-11-5-10-2-8-4(9-2)13-6(12-3)14-5/h2H,1H3. The maximum absolute atomic E-state index is 5.03. The summed E-state index contributed by atoms with van der Waals surface area (Å²) in [6.07, 6.45) is 0. The van der Waals surface area contributed by atoms with E-state index in [0.717, 1.165) is 0 Å². The zero-order valence-electron chi connectivity index (χ0n) is 7.15. The summed E-state index contributed by atoms with van der Waals surface area (Å²) < 4.78 is 39.8. The van der Waals surface area contributed by atoms with Gasteiger partial charge < -0.3 is 36.9 Å². The molecule has 4 saturated heterocycles. The van der Waals surface area contributed by atoms with Gasteiger partial charge in [0.25, 0.3) is 0 Å². The van der Waals surface area contributed by atoms with Crippen LogP contribution in [0.4, 0.5) is 0 Å². The van der Waals surface area contributed by atoms with Crippen molar-refractivity contribution in [3.05, 3.63) is 0 Å². The van der Waals surface area contributed by atoms with E-state index >= 15 is 0 Å². The van der Waals surface area contributed by atoms with Crippen LogP contribution in [-0.4, -0.2) is 42.9 Å². The molecule has 12 heteroatoms. The Hall–Kier alpha value is -0.0603. The Morgan fingerprint density at radius 1 is 0.857 bits per heavy atom. The lowest BCUT2D eigenvalue weighted by molar-refractivity contribution is -0.268. The lowest BCUT2D eigenvalue weighted by atomic mass is 9.93. The first-order valence-electron chi connectivity index (χ1n) is 3.94. The van der Waals surface area contributed by atoms with Crippen molar-refractivity contribution in [2.45, 2.75) is 6.48 Å². The van der Waals surface area contributed by atoms with Crippen molar-refractivity contribution in [2.75, 3.05) is 7.11 Å². The van der Waals surface area contributed by atoms with E-state index in [1.165, 1.54) is 7.11 Å². The number of hydrogen-bond acceptors (Lipinski definition) is 8. The second-order valence-electron chi connectivity index (χ2n) is 2.63. The molecule has 0 atom stereocenters. The molecular weight excluding hydrogens is 195 g/mol. The molecule has 72 valence electrons. The summed E-state index contributed by atoms with van der Waals surface area (Å²) in [6.45, 7) is -0.832. The van der Waals surface area contributed by atoms with Gasteiger partial charge in [-0.15, -0.1) is 0 Å². The smallest absolute Gasteiger partial charge is 0.401 e. The third-order valence-electron chi connectivity index (χ3n) is 1.75. The molecule has 0 aliphatic carbocycles. The highest BCUT2D eigenvalue weighted by atomic mass is 17.0. The lowest BCUT2D eigenvalue weighted by Gasteiger charge is -2.39. The van der Waals surface area contributed by atoms with Gasteiger partial charge in [-0.3, -0.25) is 0 Å². The predicted octanol–water partition coefficient (Wildman–Crippen LogP) is -1.99. The van der Waals surface area contributed by atoms with E-state index in [2.05, 4.69) is 0 Å². The van der Waals surface area contributed by atoms with E-state index in [0.29, 0.717) is 0 Å². The van der Waals surface area contributed by atoms with E-state index in [4.69, 9.17) is 36.9 Å². The SMILES string of the molecule is COB1OB2OB(O1)OC1OB(O2)O1. The molecule has 4 heterocycles. The summed E-state index contributed by atoms with van der Waals surface area (Å²) in [6, 6.07) is 0. The maximum atomic E-state index is 5.03. The van der Waals surface area contributed by atoms with Crippen molar-refractivity contribution in [1.82, 2.24) is 0 Å². The second kappa shape index (κ2) is 3.51. The van der Waals surface area contributed by atoms with Crippen molar-refractivity contribution in [3.63, 3.8) is 0 Å². The van der Waals surface area contributed by atoms with Crippen LogP contribution in [-0.2, 0) is 36.9 Å². The monoisotopic (exact) mass is 200 g/mol. The molecule has 0 radical (unpaired) electrons. The topological polar surface area (TPSA) is 73.8 Å². The van der Waals surface area contributed by atoms with Gasteiger partial charge in [-0.25, -0.2) is 0 Å². The van der Waals surface area contributed by atoms with Crippen LogP contribution in [0.5, 0.6) is 0 Å². The molecule has 4 bridgehead atoms. The Balaban J connectivity index is 1.70. The van der Waals surface area contributed by atoms with Gasteiger partial charge in [0.05, 0.1) is 0 Å². The summed E-state index contributed by atoms with van der Waals surface area (Å²) in [5.41, 5.74) is 0. The van der Waals surface area contributed by atoms with Gasteiger partial charge in [0.1, 0.15) is 0 Å². The van der Waals surface area contributed by atoms with Gasteiger partial charge in [-0.1, -0.05) is 0 Å². The molecule has 8 nitrogen and oxygen atoms in total. The van der Waals surface area contributed by atoms with Crippen molar-refractivity contribution in [1.29, 1.82) is 0 Å². The third-order valence-corrected chi connectivity index (χ3v) is 1.75. The summed E-state index contributed by atoms with van der Waals surface area (Å²) in [5, 5.41) is 0. The zero-order valence-corrected chi connectivity index (χ0v) is 7.15. The van der Waals surface area contributed by atoms with E-state index in [-0.39, 0.29) is 0 Å². The largest absolute Gasteiger partial charge is 0.634 e. The fraction of sp³-hybridized carbons (Fsp3) is 1.00. The minimum atomic E-state index is -0.995. The molecule has 0 aromatic heterocycles. The Morgan fingerprint density at radius 2 is 1.50 bits per heavy atom. The Kier molecular flexibility index (Phi) is 2.30. The van der Waals surface area contributed by atoms with Crippen molar-refractivity contribution < 1.29 is 36.9 Å². The average Bonchev–Trinajstić information content (AvgIpc) is 2.11. The van der Waals surface area contributed by atoms with Crippen molar-refractivity contribution >= 4 is 29.3 Å². The van der Waals surface area contributed by atoms with Crippen LogP contribution in [0.15, 0.2) is 0 Å². The van der Waals surface area contributed by atoms with Crippen LogP contribution in [0, 0.1) is 0 Å². The fourth-order valence-electron chi connectivity index (χ4n) is 1.11. The van der Waals surface area contributed by atoms with E-state index < -0.39 is 35.8 Å². The van der Waals surface area contributed by atoms with E-state index in [1.54, 1.807) is 0 Å². The minimum absolute atomic E-state index is 0.832. The molecule has 4 aliphatic heterocycles. The number of rotatable bonds is 1. The summed E-state index contributed by atoms with van der Waals surface area (Å²) in [5.74, 6) is 0. The molecular formula is C2H4B4O8. The van der Waals surface area contributed by atoms with Gasteiger partial charge in [0.15, 0.2) is 0 Å². The normalized spacial score (nSPS) is 27.2. The van der Waals surface area contributed by atoms with Gasteiger partial charge in [-0.2, -0.15) is 0 Å². The van der Waals surface area contributed by atoms with Crippen LogP contribution >= 0.6 is 0 Å². The second-order valence-corrected chi connectivity index (χ2v) is 2.63. The highest BCUT2D eigenvalue weighted by molar-refractivity contribution is 6.70.